The number of rotatable bonds is 5. The number of anilines is 3. The van der Waals surface area contributed by atoms with Gasteiger partial charge in [0.2, 0.25) is 5.95 Å². The quantitative estimate of drug-likeness (QED) is 0.251. The van der Waals surface area contributed by atoms with Crippen LogP contribution in [0.5, 0.6) is 0 Å². The molecule has 0 aliphatic carbocycles. The lowest BCUT2D eigenvalue weighted by Gasteiger charge is -2.28. The summed E-state index contributed by atoms with van der Waals surface area (Å²) in [5.41, 5.74) is 11.0. The van der Waals surface area contributed by atoms with Gasteiger partial charge in [-0.15, -0.1) is 0 Å². The van der Waals surface area contributed by atoms with E-state index in [2.05, 4.69) is 37.3 Å². The van der Waals surface area contributed by atoms with Crippen molar-refractivity contribution in [2.24, 2.45) is 7.05 Å². The van der Waals surface area contributed by atoms with Crippen molar-refractivity contribution in [2.45, 2.75) is 39.3 Å². The van der Waals surface area contributed by atoms with Gasteiger partial charge in [0.1, 0.15) is 11.3 Å². The Morgan fingerprint density at radius 2 is 1.74 bits per heavy atom. The van der Waals surface area contributed by atoms with Crippen LogP contribution in [0.2, 0.25) is 0 Å². The molecule has 1 saturated heterocycles. The summed E-state index contributed by atoms with van der Waals surface area (Å²) in [6, 6.07) is 16.3. The fourth-order valence-electron chi connectivity index (χ4n) is 5.81. The Hall–Kier alpha value is -5.71. The Morgan fingerprint density at radius 1 is 1.00 bits per heavy atom. The second-order valence-corrected chi connectivity index (χ2v) is 13.1. The van der Waals surface area contributed by atoms with Crippen molar-refractivity contribution in [2.75, 3.05) is 49.2 Å². The number of nitrogen functional groups attached to an aromatic ring is 1. The smallest absolute Gasteiger partial charge is 0.417 e. The third-order valence-corrected chi connectivity index (χ3v) is 8.25. The fourth-order valence-corrected chi connectivity index (χ4v) is 5.81. The van der Waals surface area contributed by atoms with Crippen molar-refractivity contribution in [3.05, 3.63) is 88.7 Å². The second-order valence-electron chi connectivity index (χ2n) is 13.1. The van der Waals surface area contributed by atoms with Crippen LogP contribution in [-0.4, -0.2) is 80.8 Å². The number of carbonyl (C=O) groups excluding carboxylic acids is 3. The Morgan fingerprint density at radius 3 is 2.48 bits per heavy atom. The van der Waals surface area contributed by atoms with E-state index < -0.39 is 17.6 Å². The Bertz CT molecular complexity index is 1980. The standard InChI is InChI=1S/C37H40N8O5/c1-37(2,3)50-36(48)45-15-14-30-29(33(45)46)21-31(43(30)4)32-26(22-39-34(38)42-32)11-8-24-6-5-7-28(20-24)41-35(47)40-27-12-9-25(10-13-27)23-44-16-18-49-19-17-44/h5-7,9-10,12-13,20-22H,14-19,23H2,1-4H3,(H2,38,39,42)(H2,40,41,47). The highest BCUT2D eigenvalue weighted by Crippen LogP contribution is 2.31. The van der Waals surface area contributed by atoms with Crippen molar-refractivity contribution >= 4 is 35.4 Å². The topological polar surface area (TPSA) is 157 Å². The minimum Gasteiger partial charge on any atom is -0.443 e. The van der Waals surface area contributed by atoms with Gasteiger partial charge in [0, 0.05) is 68.5 Å². The lowest BCUT2D eigenvalue weighted by Crippen LogP contribution is -2.44. The number of fused-ring (bicyclic) bond motifs is 1. The number of hydrogen-bond donors (Lipinski definition) is 3. The average molecular weight is 677 g/mol. The number of nitrogens with zero attached hydrogens (tertiary/aromatic N) is 5. The van der Waals surface area contributed by atoms with E-state index in [1.165, 1.54) is 11.8 Å². The lowest BCUT2D eigenvalue weighted by molar-refractivity contribution is 0.0232. The molecule has 2 aromatic heterocycles. The summed E-state index contributed by atoms with van der Waals surface area (Å²) in [4.78, 5) is 51.0. The molecule has 1 fully saturated rings. The van der Waals surface area contributed by atoms with E-state index in [4.69, 9.17) is 15.2 Å². The first-order valence-electron chi connectivity index (χ1n) is 16.4. The molecular weight excluding hydrogens is 636 g/mol. The maximum absolute atomic E-state index is 13.4. The van der Waals surface area contributed by atoms with E-state index in [0.29, 0.717) is 45.9 Å². The van der Waals surface area contributed by atoms with Gasteiger partial charge in [-0.2, -0.15) is 0 Å². The number of imide groups is 1. The predicted molar refractivity (Wildman–Crippen MR) is 189 cm³/mol. The van der Waals surface area contributed by atoms with Gasteiger partial charge < -0.3 is 30.4 Å². The number of ether oxygens (including phenoxy) is 2. The maximum Gasteiger partial charge on any atom is 0.417 e. The molecule has 4 N–H and O–H groups in total. The summed E-state index contributed by atoms with van der Waals surface area (Å²) in [5.74, 6) is 5.87. The molecular formula is C37H40N8O5. The molecule has 2 aliphatic rings. The molecule has 0 radical (unpaired) electrons. The summed E-state index contributed by atoms with van der Waals surface area (Å²) in [6.45, 7) is 9.63. The van der Waals surface area contributed by atoms with Gasteiger partial charge in [0.15, 0.2) is 0 Å². The normalized spacial score (nSPS) is 14.7. The highest BCUT2D eigenvalue weighted by Gasteiger charge is 2.35. The Labute approximate surface area is 290 Å². The number of nitrogens with one attached hydrogen (secondary N) is 2. The number of hydrogen-bond acceptors (Lipinski definition) is 9. The van der Waals surface area contributed by atoms with Crippen molar-refractivity contribution in [3.63, 3.8) is 0 Å². The van der Waals surface area contributed by atoms with Gasteiger partial charge >= 0.3 is 12.1 Å². The summed E-state index contributed by atoms with van der Waals surface area (Å²) in [5, 5.41) is 5.74. The van der Waals surface area contributed by atoms with E-state index in [1.807, 2.05) is 41.9 Å². The number of nitrogens with two attached hydrogens (primary N) is 1. The van der Waals surface area contributed by atoms with Crippen LogP contribution in [0.4, 0.5) is 26.9 Å². The zero-order valence-electron chi connectivity index (χ0n) is 28.6. The van der Waals surface area contributed by atoms with E-state index in [-0.39, 0.29) is 18.5 Å². The highest BCUT2D eigenvalue weighted by atomic mass is 16.6. The zero-order valence-corrected chi connectivity index (χ0v) is 28.6. The van der Waals surface area contributed by atoms with Crippen LogP contribution in [0.25, 0.3) is 11.4 Å². The van der Waals surface area contributed by atoms with Gasteiger partial charge in [-0.1, -0.05) is 30.0 Å². The fraction of sp³-hybridized carbons (Fsp3) is 0.324. The van der Waals surface area contributed by atoms with Gasteiger partial charge in [0.25, 0.3) is 5.91 Å². The van der Waals surface area contributed by atoms with Crippen molar-refractivity contribution in [3.8, 4) is 23.2 Å². The number of urea groups is 1. The van der Waals surface area contributed by atoms with E-state index in [1.54, 1.807) is 45.0 Å². The summed E-state index contributed by atoms with van der Waals surface area (Å²) in [6.07, 6.45) is 1.30. The van der Waals surface area contributed by atoms with Gasteiger partial charge in [-0.05, 0) is 62.7 Å². The van der Waals surface area contributed by atoms with Crippen LogP contribution < -0.4 is 16.4 Å². The largest absolute Gasteiger partial charge is 0.443 e. The third kappa shape index (κ3) is 8.11. The molecule has 50 heavy (non-hydrogen) atoms. The molecule has 2 aromatic carbocycles. The van der Waals surface area contributed by atoms with Crippen LogP contribution >= 0.6 is 0 Å². The summed E-state index contributed by atoms with van der Waals surface area (Å²) in [7, 11) is 1.83. The Balaban J connectivity index is 1.15. The average Bonchev–Trinajstić information content (AvgIpc) is 3.41. The van der Waals surface area contributed by atoms with Gasteiger partial charge in [-0.3, -0.25) is 9.69 Å². The van der Waals surface area contributed by atoms with Crippen LogP contribution in [0.3, 0.4) is 0 Å². The van der Waals surface area contributed by atoms with Crippen molar-refractivity contribution in [1.29, 1.82) is 0 Å². The molecule has 258 valence electrons. The molecule has 0 saturated carbocycles. The molecule has 13 heteroatoms. The maximum atomic E-state index is 13.4. The number of carbonyl (C=O) groups is 3. The zero-order chi connectivity index (χ0) is 35.4. The van der Waals surface area contributed by atoms with Crippen LogP contribution in [0.15, 0.2) is 60.8 Å². The molecule has 4 aromatic rings. The van der Waals surface area contributed by atoms with E-state index >= 15 is 0 Å². The SMILES string of the molecule is Cn1c(-c2nc(N)ncc2C#Cc2cccc(NC(=O)Nc3ccc(CN4CCOCC4)cc3)c2)cc2c1CCN(C(=O)OC(C)(C)C)C2=O. The lowest BCUT2D eigenvalue weighted by atomic mass is 10.1. The first kappa shape index (κ1) is 34.2. The van der Waals surface area contributed by atoms with E-state index in [9.17, 15) is 14.4 Å². The molecule has 0 spiro atoms. The van der Waals surface area contributed by atoms with Crippen LogP contribution in [0.1, 0.15) is 53.5 Å². The van der Waals surface area contributed by atoms with Crippen molar-refractivity contribution < 1.29 is 23.9 Å². The predicted octanol–water partition coefficient (Wildman–Crippen LogP) is 4.87. The van der Waals surface area contributed by atoms with Crippen molar-refractivity contribution in [1.82, 2.24) is 24.3 Å². The minimum absolute atomic E-state index is 0.0513. The van der Waals surface area contributed by atoms with Gasteiger partial charge in [-0.25, -0.2) is 24.5 Å². The third-order valence-electron chi connectivity index (χ3n) is 8.25. The summed E-state index contributed by atoms with van der Waals surface area (Å²) < 4.78 is 12.7. The number of amides is 4. The van der Waals surface area contributed by atoms with Gasteiger partial charge in [0.05, 0.1) is 30.0 Å². The van der Waals surface area contributed by atoms with Crippen LogP contribution in [-0.2, 0) is 29.5 Å². The molecule has 0 bridgehead atoms. The first-order valence-corrected chi connectivity index (χ1v) is 16.4. The number of morpholine rings is 1. The Kier molecular flexibility index (Phi) is 9.85. The molecule has 4 amide bonds. The minimum atomic E-state index is -0.732. The van der Waals surface area contributed by atoms with E-state index in [0.717, 1.165) is 43.4 Å². The highest BCUT2D eigenvalue weighted by molar-refractivity contribution is 6.05. The number of aromatic nitrogens is 3. The monoisotopic (exact) mass is 676 g/mol. The first-order chi connectivity index (χ1) is 23.9. The summed E-state index contributed by atoms with van der Waals surface area (Å²) >= 11 is 0. The molecule has 4 heterocycles. The molecule has 6 rings (SSSR count). The molecule has 2 aliphatic heterocycles. The van der Waals surface area contributed by atoms with Crippen LogP contribution in [0, 0.1) is 11.8 Å². The second kappa shape index (κ2) is 14.4. The molecule has 0 atom stereocenters. The molecule has 0 unspecified atom stereocenters. The number of benzene rings is 2. The molecule has 13 nitrogen and oxygen atoms in total.